The molecule has 0 radical (unpaired) electrons. The molecule has 1 aliphatic carbocycles. The summed E-state index contributed by atoms with van der Waals surface area (Å²) in [5, 5.41) is 0. The summed E-state index contributed by atoms with van der Waals surface area (Å²) in [6.45, 7) is 17.2. The van der Waals surface area contributed by atoms with Gasteiger partial charge in [0.1, 0.15) is 0 Å². The number of rotatable bonds is 2. The minimum absolute atomic E-state index is 0.580. The Labute approximate surface area is 102 Å². The van der Waals surface area contributed by atoms with Crippen molar-refractivity contribution in [1.29, 1.82) is 0 Å². The molecule has 1 spiro atoms. The summed E-state index contributed by atoms with van der Waals surface area (Å²) in [5.41, 5.74) is 0.580. The molecule has 0 bridgehead atoms. The highest BCUT2D eigenvalue weighted by molar-refractivity contribution is 5.09. The van der Waals surface area contributed by atoms with E-state index in [2.05, 4.69) is 37.5 Å². The minimum Gasteiger partial charge on any atom is -0.298 e. The average Bonchev–Trinajstić information content (AvgIpc) is 3.00. The van der Waals surface area contributed by atoms with Crippen molar-refractivity contribution in [2.45, 2.75) is 72.0 Å². The van der Waals surface area contributed by atoms with E-state index in [-0.39, 0.29) is 0 Å². The van der Waals surface area contributed by atoms with Gasteiger partial charge in [0.05, 0.1) is 0 Å². The van der Waals surface area contributed by atoms with Crippen LogP contribution in [0, 0.1) is 0 Å². The van der Waals surface area contributed by atoms with Gasteiger partial charge in [-0.05, 0) is 40.5 Å². The molecular formula is C14H30N2. The largest absolute Gasteiger partial charge is 0.298 e. The van der Waals surface area contributed by atoms with Gasteiger partial charge in [-0.15, -0.1) is 0 Å². The van der Waals surface area contributed by atoms with Crippen molar-refractivity contribution in [2.75, 3.05) is 19.6 Å². The molecule has 0 unspecified atom stereocenters. The number of piperazine rings is 1. The molecule has 0 N–H and O–H groups in total. The summed E-state index contributed by atoms with van der Waals surface area (Å²) < 4.78 is 0. The van der Waals surface area contributed by atoms with Gasteiger partial charge in [-0.25, -0.2) is 0 Å². The average molecular weight is 226 g/mol. The second-order valence-electron chi connectivity index (χ2n) is 5.58. The monoisotopic (exact) mass is 226 g/mol. The van der Waals surface area contributed by atoms with Gasteiger partial charge in [0.15, 0.2) is 0 Å². The third-order valence-corrected chi connectivity index (χ3v) is 3.92. The molecule has 1 heterocycles. The molecule has 0 aromatic rings. The second kappa shape index (κ2) is 5.50. The van der Waals surface area contributed by atoms with Crippen molar-refractivity contribution in [3.05, 3.63) is 0 Å². The first-order valence-electron chi connectivity index (χ1n) is 7.06. The zero-order valence-corrected chi connectivity index (χ0v) is 12.1. The van der Waals surface area contributed by atoms with Crippen molar-refractivity contribution < 1.29 is 0 Å². The van der Waals surface area contributed by atoms with Crippen LogP contribution in [0.5, 0.6) is 0 Å². The standard InChI is InChI=1S/C12H24N2.C2H6/c1-10(2)13-7-8-14(11(3)4)12(9-13)5-6-12;1-2/h10-11H,5-9H2,1-4H3;1-2H3. The van der Waals surface area contributed by atoms with Crippen LogP contribution in [0.3, 0.4) is 0 Å². The molecule has 2 nitrogen and oxygen atoms in total. The van der Waals surface area contributed by atoms with Crippen molar-refractivity contribution in [1.82, 2.24) is 9.80 Å². The summed E-state index contributed by atoms with van der Waals surface area (Å²) in [6.07, 6.45) is 2.85. The predicted octanol–water partition coefficient (Wildman–Crippen LogP) is 2.98. The molecule has 0 aromatic heterocycles. The van der Waals surface area contributed by atoms with E-state index in [1.165, 1.54) is 32.5 Å². The Morgan fingerprint density at radius 1 is 0.875 bits per heavy atom. The molecule has 2 fully saturated rings. The molecule has 1 saturated heterocycles. The topological polar surface area (TPSA) is 6.48 Å². The van der Waals surface area contributed by atoms with Gasteiger partial charge in [-0.3, -0.25) is 9.80 Å². The maximum atomic E-state index is 2.73. The van der Waals surface area contributed by atoms with Crippen LogP contribution in [0.4, 0.5) is 0 Å². The van der Waals surface area contributed by atoms with E-state index in [4.69, 9.17) is 0 Å². The van der Waals surface area contributed by atoms with Gasteiger partial charge in [0, 0.05) is 37.3 Å². The molecule has 2 rings (SSSR count). The SMILES string of the molecule is CC.CC(C)N1CCN(C(C)C)C2(CC2)C1. The first-order chi connectivity index (χ1) is 7.55. The lowest BCUT2D eigenvalue weighted by molar-refractivity contribution is 0.0223. The molecule has 0 amide bonds. The Balaban J connectivity index is 0.000000606. The molecule has 1 aliphatic heterocycles. The van der Waals surface area contributed by atoms with E-state index in [0.29, 0.717) is 5.54 Å². The first-order valence-corrected chi connectivity index (χ1v) is 7.06. The molecule has 2 heteroatoms. The fourth-order valence-corrected chi connectivity index (χ4v) is 2.86. The Kier molecular flexibility index (Phi) is 4.81. The number of hydrogen-bond donors (Lipinski definition) is 0. The van der Waals surface area contributed by atoms with Crippen molar-refractivity contribution in [3.63, 3.8) is 0 Å². The number of nitrogens with zero attached hydrogens (tertiary/aromatic N) is 2. The van der Waals surface area contributed by atoms with Gasteiger partial charge in [0.2, 0.25) is 0 Å². The fraction of sp³-hybridized carbons (Fsp3) is 1.00. The molecular weight excluding hydrogens is 196 g/mol. The lowest BCUT2D eigenvalue weighted by atomic mass is 10.1. The van der Waals surface area contributed by atoms with Crippen LogP contribution in [0.15, 0.2) is 0 Å². The van der Waals surface area contributed by atoms with Crippen LogP contribution < -0.4 is 0 Å². The Morgan fingerprint density at radius 3 is 1.81 bits per heavy atom. The second-order valence-corrected chi connectivity index (χ2v) is 5.58. The van der Waals surface area contributed by atoms with Crippen LogP contribution >= 0.6 is 0 Å². The highest BCUT2D eigenvalue weighted by Gasteiger charge is 2.51. The van der Waals surface area contributed by atoms with Gasteiger partial charge < -0.3 is 0 Å². The summed E-state index contributed by atoms with van der Waals surface area (Å²) in [4.78, 5) is 5.37. The highest BCUT2D eigenvalue weighted by Crippen LogP contribution is 2.45. The molecule has 16 heavy (non-hydrogen) atoms. The van der Waals surface area contributed by atoms with E-state index in [1.807, 2.05) is 13.8 Å². The van der Waals surface area contributed by atoms with E-state index in [0.717, 1.165) is 12.1 Å². The maximum Gasteiger partial charge on any atom is 0.0341 e. The number of hydrogen-bond acceptors (Lipinski definition) is 2. The van der Waals surface area contributed by atoms with Gasteiger partial charge in [-0.1, -0.05) is 13.8 Å². The summed E-state index contributed by atoms with van der Waals surface area (Å²) in [5.74, 6) is 0. The van der Waals surface area contributed by atoms with Gasteiger partial charge >= 0.3 is 0 Å². The maximum absolute atomic E-state index is 2.73. The van der Waals surface area contributed by atoms with E-state index in [9.17, 15) is 0 Å². The minimum atomic E-state index is 0.580. The van der Waals surface area contributed by atoms with Crippen LogP contribution in [-0.4, -0.2) is 47.1 Å². The predicted molar refractivity (Wildman–Crippen MR) is 71.9 cm³/mol. The third-order valence-electron chi connectivity index (χ3n) is 3.92. The quantitative estimate of drug-likeness (QED) is 0.714. The third kappa shape index (κ3) is 2.78. The van der Waals surface area contributed by atoms with Crippen LogP contribution in [0.2, 0.25) is 0 Å². The lowest BCUT2D eigenvalue weighted by Gasteiger charge is -2.45. The van der Waals surface area contributed by atoms with Crippen LogP contribution in [0.1, 0.15) is 54.4 Å². The highest BCUT2D eigenvalue weighted by atomic mass is 15.4. The summed E-state index contributed by atoms with van der Waals surface area (Å²) in [7, 11) is 0. The normalized spacial score (nSPS) is 24.8. The molecule has 0 atom stereocenters. The van der Waals surface area contributed by atoms with Gasteiger partial charge in [-0.2, -0.15) is 0 Å². The van der Waals surface area contributed by atoms with Crippen molar-refractivity contribution in [2.24, 2.45) is 0 Å². The lowest BCUT2D eigenvalue weighted by Crippen LogP contribution is -2.58. The van der Waals surface area contributed by atoms with Crippen LogP contribution in [-0.2, 0) is 0 Å². The van der Waals surface area contributed by atoms with E-state index in [1.54, 1.807) is 0 Å². The Bertz CT molecular complexity index is 207. The zero-order valence-electron chi connectivity index (χ0n) is 12.1. The van der Waals surface area contributed by atoms with Crippen LogP contribution in [0.25, 0.3) is 0 Å². The molecule has 0 aromatic carbocycles. The molecule has 96 valence electrons. The smallest absolute Gasteiger partial charge is 0.0341 e. The van der Waals surface area contributed by atoms with Crippen molar-refractivity contribution in [3.8, 4) is 0 Å². The Morgan fingerprint density at radius 2 is 1.44 bits per heavy atom. The Hall–Kier alpha value is -0.0800. The van der Waals surface area contributed by atoms with Gasteiger partial charge in [0.25, 0.3) is 0 Å². The van der Waals surface area contributed by atoms with E-state index < -0.39 is 0 Å². The molecule has 2 aliphatic rings. The summed E-state index contributed by atoms with van der Waals surface area (Å²) >= 11 is 0. The summed E-state index contributed by atoms with van der Waals surface area (Å²) in [6, 6.07) is 1.45. The first kappa shape index (κ1) is 14.0. The van der Waals surface area contributed by atoms with E-state index >= 15 is 0 Å². The molecule has 1 saturated carbocycles. The fourth-order valence-electron chi connectivity index (χ4n) is 2.86. The zero-order chi connectivity index (χ0) is 12.3. The van der Waals surface area contributed by atoms with Crippen molar-refractivity contribution >= 4 is 0 Å².